The summed E-state index contributed by atoms with van der Waals surface area (Å²) in [4.78, 5) is 11.1. The van der Waals surface area contributed by atoms with E-state index in [-0.39, 0.29) is 12.2 Å². The van der Waals surface area contributed by atoms with E-state index in [4.69, 9.17) is 14.9 Å². The van der Waals surface area contributed by atoms with Gasteiger partial charge in [-0.1, -0.05) is 15.9 Å². The highest BCUT2D eigenvalue weighted by atomic mass is 79.9. The van der Waals surface area contributed by atoms with Gasteiger partial charge in [-0.05, 0) is 20.8 Å². The molecule has 0 aromatic heterocycles. The quantitative estimate of drug-likeness (QED) is 0.459. The third-order valence-electron chi connectivity index (χ3n) is 1.29. The first-order chi connectivity index (χ1) is 5.75. The van der Waals surface area contributed by atoms with Crippen LogP contribution in [-0.4, -0.2) is 27.1 Å². The van der Waals surface area contributed by atoms with Gasteiger partial charge in [-0.15, -0.1) is 0 Å². The highest BCUT2D eigenvalue weighted by Gasteiger charge is 2.25. The molecule has 0 spiro atoms. The molecule has 0 aromatic carbocycles. The normalized spacial score (nSPS) is 10.8. The monoisotopic (exact) mass is 252 g/mol. The molecule has 2 N–H and O–H groups in total. The van der Waals surface area contributed by atoms with Gasteiger partial charge in [0, 0.05) is 5.57 Å². The number of alkyl halides is 1. The van der Waals surface area contributed by atoms with Crippen molar-refractivity contribution in [3.8, 4) is 0 Å². The summed E-state index contributed by atoms with van der Waals surface area (Å²) < 4.78 is 4.01. The van der Waals surface area contributed by atoms with Crippen LogP contribution in [0.4, 0.5) is 0 Å². The smallest absolute Gasteiger partial charge is 0.322 e. The molecule has 0 amide bonds. The second-order valence-corrected chi connectivity index (χ2v) is 5.14. The molecule has 0 aliphatic heterocycles. The third-order valence-corrected chi connectivity index (χ3v) is 1.61. The van der Waals surface area contributed by atoms with Gasteiger partial charge in [0.1, 0.15) is 10.9 Å². The van der Waals surface area contributed by atoms with Crippen LogP contribution >= 0.6 is 15.9 Å². The topological polar surface area (TPSA) is 66.8 Å². The maximum atomic E-state index is 11.1. The van der Waals surface area contributed by atoms with Crippen molar-refractivity contribution in [3.05, 3.63) is 11.5 Å². The van der Waals surface area contributed by atoms with Crippen molar-refractivity contribution in [1.82, 2.24) is 0 Å². The minimum Gasteiger partial charge on any atom is -0.481 e. The minimum absolute atomic E-state index is 0.115. The lowest BCUT2D eigenvalue weighted by Crippen LogP contribution is -2.27. The van der Waals surface area contributed by atoms with Gasteiger partial charge >= 0.3 is 5.97 Å². The summed E-state index contributed by atoms with van der Waals surface area (Å²) in [5, 5.41) is 17.1. The minimum atomic E-state index is -0.805. The zero-order valence-electron chi connectivity index (χ0n) is 7.80. The van der Waals surface area contributed by atoms with Gasteiger partial charge in [0.05, 0.1) is 0 Å². The molecule has 0 unspecified atom stereocenters. The van der Waals surface area contributed by atoms with Crippen molar-refractivity contribution < 1.29 is 19.7 Å². The fourth-order valence-electron chi connectivity index (χ4n) is 0.410. The van der Waals surface area contributed by atoms with E-state index in [0.29, 0.717) is 0 Å². The number of hydrogen-bond acceptors (Lipinski definition) is 4. The lowest BCUT2D eigenvalue weighted by molar-refractivity contribution is -0.144. The van der Waals surface area contributed by atoms with E-state index >= 15 is 0 Å². The Balaban J connectivity index is 4.07. The highest BCUT2D eigenvalue weighted by Crippen LogP contribution is 2.17. The summed E-state index contributed by atoms with van der Waals surface area (Å²) in [5.41, 5.74) is 0.213. The molecule has 0 aromatic rings. The number of carbonyl (C=O) groups is 1. The second-order valence-electron chi connectivity index (χ2n) is 3.15. The zero-order valence-corrected chi connectivity index (χ0v) is 9.38. The molecule has 0 aliphatic rings. The molecule has 0 atom stereocenters. The van der Waals surface area contributed by atoms with E-state index in [1.807, 2.05) is 0 Å². The summed E-state index contributed by atoms with van der Waals surface area (Å²) >= 11 is 3.12. The van der Waals surface area contributed by atoms with Crippen LogP contribution in [0.2, 0.25) is 0 Å². The predicted octanol–water partition coefficient (Wildman–Crippen LogP) is 2.05. The number of hydrogen-bond donors (Lipinski definition) is 2. The summed E-state index contributed by atoms with van der Waals surface area (Å²) in [6, 6.07) is 0. The Kier molecular flexibility index (Phi) is 4.26. The van der Waals surface area contributed by atoms with Crippen molar-refractivity contribution in [2.24, 2.45) is 0 Å². The number of aliphatic hydroxyl groups excluding tert-OH is 1. The van der Waals surface area contributed by atoms with Crippen LogP contribution in [0.3, 0.4) is 0 Å². The largest absolute Gasteiger partial charge is 0.481 e. The molecule has 76 valence electrons. The molecule has 0 aliphatic carbocycles. The highest BCUT2D eigenvalue weighted by molar-refractivity contribution is 9.10. The number of carbonyl (C=O) groups excluding carboxylic acids is 1. The van der Waals surface area contributed by atoms with Crippen molar-refractivity contribution >= 4 is 21.9 Å². The van der Waals surface area contributed by atoms with Crippen molar-refractivity contribution in [1.29, 1.82) is 0 Å². The molecular weight excluding hydrogens is 240 g/mol. The van der Waals surface area contributed by atoms with Gasteiger partial charge in [-0.2, -0.15) is 0 Å². The number of esters is 1. The Morgan fingerprint density at radius 2 is 1.92 bits per heavy atom. The molecule has 0 saturated heterocycles. The molecule has 0 bridgehead atoms. The summed E-state index contributed by atoms with van der Waals surface area (Å²) in [6.07, 6.45) is 0. The fraction of sp³-hybridized carbons (Fsp3) is 0.625. The Morgan fingerprint density at radius 1 is 1.46 bits per heavy atom. The predicted molar refractivity (Wildman–Crippen MR) is 51.9 cm³/mol. The van der Waals surface area contributed by atoms with E-state index in [1.165, 1.54) is 6.92 Å². The second kappa shape index (κ2) is 4.50. The molecule has 13 heavy (non-hydrogen) atoms. The molecule has 0 heterocycles. The van der Waals surface area contributed by atoms with Gasteiger partial charge in [-0.3, -0.25) is 4.79 Å². The van der Waals surface area contributed by atoms with Crippen molar-refractivity contribution in [2.75, 3.05) is 6.61 Å². The maximum Gasteiger partial charge on any atom is 0.322 e. The third kappa shape index (κ3) is 4.77. The van der Waals surface area contributed by atoms with Gasteiger partial charge in [0.2, 0.25) is 0 Å². The maximum absolute atomic E-state index is 11.1. The Bertz CT molecular complexity index is 223. The summed E-state index contributed by atoms with van der Waals surface area (Å²) in [7, 11) is 0. The Labute approximate surface area is 85.3 Å². The number of ether oxygens (including phenoxy) is 1. The molecule has 0 fully saturated rings. The summed E-state index contributed by atoms with van der Waals surface area (Å²) in [5.74, 6) is -1.26. The molecule has 5 heteroatoms. The first-order valence-corrected chi connectivity index (χ1v) is 4.48. The number of aliphatic hydroxyl groups is 2. The lowest BCUT2D eigenvalue weighted by atomic mass is 10.2. The standard InChI is InChI=1S/C8H13BrO4/c1-5(6(10)11)4-13-7(12)8(2,3)9/h10-11H,4H2,1-3H3. The molecular formula is C8H13BrO4. The lowest BCUT2D eigenvalue weighted by Gasteiger charge is -2.14. The van der Waals surface area contributed by atoms with E-state index in [9.17, 15) is 4.79 Å². The SMILES string of the molecule is CC(COC(=O)C(C)(C)Br)=C(O)O. The van der Waals surface area contributed by atoms with Crippen molar-refractivity contribution in [3.63, 3.8) is 0 Å². The average molecular weight is 253 g/mol. The number of halogens is 1. The van der Waals surface area contributed by atoms with E-state index in [0.717, 1.165) is 0 Å². The summed E-state index contributed by atoms with van der Waals surface area (Å²) in [6.45, 7) is 4.64. The Morgan fingerprint density at radius 3 is 2.23 bits per heavy atom. The van der Waals surface area contributed by atoms with Crippen LogP contribution in [0, 0.1) is 0 Å². The zero-order chi connectivity index (χ0) is 10.6. The van der Waals surface area contributed by atoms with Crippen LogP contribution in [0.25, 0.3) is 0 Å². The van der Waals surface area contributed by atoms with Crippen LogP contribution < -0.4 is 0 Å². The van der Waals surface area contributed by atoms with Gasteiger partial charge in [-0.25, -0.2) is 0 Å². The molecule has 4 nitrogen and oxygen atoms in total. The average Bonchev–Trinajstić information content (AvgIpc) is 1.97. The van der Waals surface area contributed by atoms with Gasteiger partial charge in [0.15, 0.2) is 0 Å². The van der Waals surface area contributed by atoms with E-state index in [2.05, 4.69) is 15.9 Å². The van der Waals surface area contributed by atoms with Gasteiger partial charge < -0.3 is 14.9 Å². The molecule has 0 rings (SSSR count). The van der Waals surface area contributed by atoms with Crippen LogP contribution in [-0.2, 0) is 9.53 Å². The van der Waals surface area contributed by atoms with Gasteiger partial charge in [0.25, 0.3) is 5.95 Å². The first-order valence-electron chi connectivity index (χ1n) is 3.69. The van der Waals surface area contributed by atoms with Crippen LogP contribution in [0.15, 0.2) is 11.5 Å². The number of rotatable bonds is 3. The molecule has 0 radical (unpaired) electrons. The molecule has 0 saturated carbocycles. The van der Waals surface area contributed by atoms with Crippen LogP contribution in [0.1, 0.15) is 20.8 Å². The van der Waals surface area contributed by atoms with E-state index in [1.54, 1.807) is 13.8 Å². The fourth-order valence-corrected chi connectivity index (χ4v) is 0.524. The van der Waals surface area contributed by atoms with Crippen molar-refractivity contribution in [2.45, 2.75) is 25.1 Å². The first kappa shape index (κ1) is 12.3. The Hall–Kier alpha value is -0.710. The van der Waals surface area contributed by atoms with Crippen LogP contribution in [0.5, 0.6) is 0 Å². The van der Waals surface area contributed by atoms with E-state index < -0.39 is 16.2 Å².